The summed E-state index contributed by atoms with van der Waals surface area (Å²) in [5.74, 6) is 0.210. The molecule has 62 heavy (non-hydrogen) atoms. The van der Waals surface area contributed by atoms with Crippen molar-refractivity contribution >= 4 is 11.3 Å². The molecule has 1 heteroatoms. The largest absolute Gasteiger partial charge is 0.337 e. The van der Waals surface area contributed by atoms with E-state index >= 15 is 0 Å². The van der Waals surface area contributed by atoms with Crippen LogP contribution in [0.4, 0.5) is 5.69 Å². The predicted octanol–water partition coefficient (Wildman–Crippen LogP) is 15.2. The Labute approximate surface area is 365 Å². The first kappa shape index (κ1) is 36.4. The van der Waals surface area contributed by atoms with Gasteiger partial charge in [-0.25, -0.2) is 0 Å². The Morgan fingerprint density at radius 1 is 0.452 bits per heavy atom. The Morgan fingerprint density at radius 3 is 1.69 bits per heavy atom. The number of benzene rings is 8. The van der Waals surface area contributed by atoms with Crippen LogP contribution in [-0.2, 0) is 5.41 Å². The zero-order chi connectivity index (χ0) is 41.0. The van der Waals surface area contributed by atoms with Crippen molar-refractivity contribution in [3.05, 3.63) is 276 Å². The topological polar surface area (TPSA) is 3.24 Å². The maximum Gasteiger partial charge on any atom is 0.0695 e. The van der Waals surface area contributed by atoms with Crippen LogP contribution < -0.4 is 4.90 Å². The lowest BCUT2D eigenvalue weighted by Gasteiger charge is -2.43. The van der Waals surface area contributed by atoms with Crippen LogP contribution >= 0.6 is 0 Å². The summed E-state index contributed by atoms with van der Waals surface area (Å²) in [6.07, 6.45) is 13.8. The first-order valence-corrected chi connectivity index (χ1v) is 22.1. The molecule has 0 saturated carbocycles. The summed E-state index contributed by atoms with van der Waals surface area (Å²) >= 11 is 0. The van der Waals surface area contributed by atoms with Crippen LogP contribution in [-0.4, -0.2) is 6.04 Å². The van der Waals surface area contributed by atoms with E-state index in [0.717, 1.165) is 12.8 Å². The molecule has 8 aromatic rings. The fourth-order valence-corrected chi connectivity index (χ4v) is 11.3. The van der Waals surface area contributed by atoms with Crippen LogP contribution in [0.25, 0.3) is 50.1 Å². The number of fused-ring (bicyclic) bond motifs is 9. The van der Waals surface area contributed by atoms with Gasteiger partial charge in [0.25, 0.3) is 0 Å². The normalized spacial score (nSPS) is 17.6. The summed E-state index contributed by atoms with van der Waals surface area (Å²) < 4.78 is 0. The van der Waals surface area contributed by atoms with Gasteiger partial charge in [-0.1, -0.05) is 224 Å². The molecule has 0 aromatic heterocycles. The highest BCUT2D eigenvalue weighted by Gasteiger charge is 2.54. The molecular weight excluding hydrogens is 747 g/mol. The van der Waals surface area contributed by atoms with Crippen molar-refractivity contribution in [2.45, 2.75) is 30.2 Å². The van der Waals surface area contributed by atoms with Gasteiger partial charge in [-0.3, -0.25) is 0 Å². The number of hydrogen-bond donors (Lipinski definition) is 0. The standard InChI is InChI=1S/C61H45N/c1-4-19-42(20-5-1)43-35-37-46(38-36-43)50-29-18-30-54-53-40-39-47(41-57(53)61(60(50)54)55-31-14-10-27-51(55)52-28-11-15-32-56(52)61)62(58-33-16-12-25-48(58)44-21-6-2-7-22-44)59-34-17-13-26-49(59)45-23-8-3-9-24-45/h1-25,27-40,47,49H,26,41H2. The number of rotatable bonds is 7. The Kier molecular flexibility index (Phi) is 8.75. The monoisotopic (exact) mass is 791 g/mol. The van der Waals surface area contributed by atoms with Crippen molar-refractivity contribution < 1.29 is 0 Å². The van der Waals surface area contributed by atoms with Crippen molar-refractivity contribution in [3.8, 4) is 44.5 Å². The minimum absolute atomic E-state index is 0.0438. The van der Waals surface area contributed by atoms with E-state index in [-0.39, 0.29) is 12.0 Å². The van der Waals surface area contributed by atoms with Gasteiger partial charge in [0.2, 0.25) is 0 Å². The maximum atomic E-state index is 2.70. The molecule has 0 saturated heterocycles. The predicted molar refractivity (Wildman–Crippen MR) is 259 cm³/mol. The molecular formula is C61H45N. The molecule has 0 aliphatic heterocycles. The molecule has 1 nitrogen and oxygen atoms in total. The molecule has 0 radical (unpaired) electrons. The molecule has 294 valence electrons. The van der Waals surface area contributed by atoms with E-state index in [2.05, 4.69) is 242 Å². The van der Waals surface area contributed by atoms with E-state index in [1.807, 2.05) is 0 Å². The van der Waals surface area contributed by atoms with Crippen molar-refractivity contribution in [2.24, 2.45) is 0 Å². The van der Waals surface area contributed by atoms with E-state index in [1.165, 1.54) is 94.9 Å². The minimum atomic E-state index is -0.472. The molecule has 0 amide bonds. The molecule has 0 fully saturated rings. The maximum absolute atomic E-state index is 2.70. The third-order valence-electron chi connectivity index (χ3n) is 13.9. The average molecular weight is 792 g/mol. The van der Waals surface area contributed by atoms with Crippen LogP contribution in [0.5, 0.6) is 0 Å². The second kappa shape index (κ2) is 14.9. The van der Waals surface area contributed by atoms with Gasteiger partial charge in [0, 0.05) is 22.9 Å². The molecule has 1 spiro atoms. The van der Waals surface area contributed by atoms with E-state index < -0.39 is 5.41 Å². The summed E-state index contributed by atoms with van der Waals surface area (Å²) in [7, 11) is 0. The summed E-state index contributed by atoms with van der Waals surface area (Å²) in [5, 5.41) is 0. The van der Waals surface area contributed by atoms with Gasteiger partial charge in [-0.05, 0) is 103 Å². The van der Waals surface area contributed by atoms with Gasteiger partial charge < -0.3 is 4.90 Å². The van der Waals surface area contributed by atoms with Crippen LogP contribution in [0.15, 0.2) is 248 Å². The number of para-hydroxylation sites is 1. The molecule has 0 heterocycles. The van der Waals surface area contributed by atoms with Gasteiger partial charge in [-0.15, -0.1) is 0 Å². The molecule has 2 atom stereocenters. The molecule has 0 bridgehead atoms. The lowest BCUT2D eigenvalue weighted by Crippen LogP contribution is -2.40. The number of anilines is 1. The average Bonchev–Trinajstić information content (AvgIpc) is 3.82. The summed E-state index contributed by atoms with van der Waals surface area (Å²) in [6, 6.07) is 76.6. The van der Waals surface area contributed by atoms with Crippen molar-refractivity contribution in [2.75, 3.05) is 4.90 Å². The van der Waals surface area contributed by atoms with Crippen molar-refractivity contribution in [1.29, 1.82) is 0 Å². The number of nitrogens with zero attached hydrogens (tertiary/aromatic N) is 1. The van der Waals surface area contributed by atoms with E-state index in [9.17, 15) is 0 Å². The summed E-state index contributed by atoms with van der Waals surface area (Å²) in [6.45, 7) is 0. The highest BCUT2D eigenvalue weighted by Crippen LogP contribution is 2.65. The van der Waals surface area contributed by atoms with Crippen LogP contribution in [0.3, 0.4) is 0 Å². The SMILES string of the molecule is C1=CCC(c2ccccc2)C(N(c2ccccc2-c2ccccc2)C2C=CC3=C(C2)C2(c4ccccc4-c4ccccc42)c2c3cccc2-c2ccc(-c3ccccc3)cc2)=C1. The lowest BCUT2D eigenvalue weighted by molar-refractivity contribution is 0.627. The van der Waals surface area contributed by atoms with Crippen LogP contribution in [0.1, 0.15) is 46.6 Å². The number of allylic oxidation sites excluding steroid dienone is 6. The zero-order valence-corrected chi connectivity index (χ0v) is 34.5. The van der Waals surface area contributed by atoms with E-state index in [1.54, 1.807) is 0 Å². The summed E-state index contributed by atoms with van der Waals surface area (Å²) in [4.78, 5) is 2.70. The fourth-order valence-electron chi connectivity index (χ4n) is 11.3. The van der Waals surface area contributed by atoms with Gasteiger partial charge in [-0.2, -0.15) is 0 Å². The Bertz CT molecular complexity index is 3070. The fraction of sp³-hybridized carbons (Fsp3) is 0.0820. The molecule has 4 aliphatic carbocycles. The van der Waals surface area contributed by atoms with Gasteiger partial charge in [0.1, 0.15) is 0 Å². The molecule has 0 N–H and O–H groups in total. The van der Waals surface area contributed by atoms with Crippen LogP contribution in [0.2, 0.25) is 0 Å². The second-order valence-corrected chi connectivity index (χ2v) is 17.0. The summed E-state index contributed by atoms with van der Waals surface area (Å²) in [5.41, 5.74) is 21.9. The minimum Gasteiger partial charge on any atom is -0.337 e. The lowest BCUT2D eigenvalue weighted by atomic mass is 9.66. The highest BCUT2D eigenvalue weighted by molar-refractivity contribution is 6.00. The third kappa shape index (κ3) is 5.62. The van der Waals surface area contributed by atoms with Crippen molar-refractivity contribution in [1.82, 2.24) is 0 Å². The third-order valence-corrected chi connectivity index (χ3v) is 13.9. The molecule has 2 unspecified atom stereocenters. The van der Waals surface area contributed by atoms with Gasteiger partial charge in [0.15, 0.2) is 0 Å². The number of hydrogen-bond acceptors (Lipinski definition) is 1. The van der Waals surface area contributed by atoms with E-state index in [4.69, 9.17) is 0 Å². The Hall–Kier alpha value is -7.48. The quantitative estimate of drug-likeness (QED) is 0.155. The van der Waals surface area contributed by atoms with Crippen LogP contribution in [0, 0.1) is 0 Å². The Balaban J connectivity index is 1.07. The molecule has 4 aliphatic rings. The zero-order valence-electron chi connectivity index (χ0n) is 34.5. The van der Waals surface area contributed by atoms with Crippen molar-refractivity contribution in [3.63, 3.8) is 0 Å². The van der Waals surface area contributed by atoms with Gasteiger partial charge in [0.05, 0.1) is 11.5 Å². The molecule has 12 rings (SSSR count). The van der Waals surface area contributed by atoms with Gasteiger partial charge >= 0.3 is 0 Å². The van der Waals surface area contributed by atoms with E-state index in [0.29, 0.717) is 0 Å². The molecule has 8 aromatic carbocycles. The highest BCUT2D eigenvalue weighted by atomic mass is 15.2. The first-order valence-electron chi connectivity index (χ1n) is 22.1. The smallest absolute Gasteiger partial charge is 0.0695 e. The first-order chi connectivity index (χ1) is 30.8. The Morgan fingerprint density at radius 2 is 0.984 bits per heavy atom. The second-order valence-electron chi connectivity index (χ2n) is 17.0.